The van der Waals surface area contributed by atoms with Crippen molar-refractivity contribution in [1.82, 2.24) is 9.21 Å². The van der Waals surface area contributed by atoms with E-state index in [4.69, 9.17) is 4.74 Å². The molecule has 0 aromatic heterocycles. The number of amides is 1. The molecule has 2 rings (SSSR count). The van der Waals surface area contributed by atoms with E-state index in [1.807, 2.05) is 0 Å². The lowest BCUT2D eigenvalue weighted by atomic mass is 9.84. The summed E-state index contributed by atoms with van der Waals surface area (Å²) in [7, 11) is 1.23. The van der Waals surface area contributed by atoms with E-state index in [2.05, 4.69) is 0 Å². The first-order chi connectivity index (χ1) is 9.74. The highest BCUT2D eigenvalue weighted by Gasteiger charge is 2.43. The summed E-state index contributed by atoms with van der Waals surface area (Å²) in [6.07, 6.45) is 5.35. The van der Waals surface area contributed by atoms with Crippen molar-refractivity contribution in [3.63, 3.8) is 0 Å². The van der Waals surface area contributed by atoms with E-state index in [9.17, 15) is 13.2 Å². The summed E-state index contributed by atoms with van der Waals surface area (Å²) in [5.41, 5.74) is 0.220. The Balaban J connectivity index is 1.90. The lowest BCUT2D eigenvalue weighted by Gasteiger charge is -2.22. The highest BCUT2D eigenvalue weighted by Crippen LogP contribution is 2.46. The fourth-order valence-electron chi connectivity index (χ4n) is 3.27. The van der Waals surface area contributed by atoms with Gasteiger partial charge in [0.25, 0.3) is 0 Å². The average Bonchev–Trinajstić information content (AvgIpc) is 2.99. The quantitative estimate of drug-likeness (QED) is 0.748. The van der Waals surface area contributed by atoms with Gasteiger partial charge >= 0.3 is 0 Å². The standard InChI is InChI=1S/C14H26N2O4S/c1-15(2)13(17)9-16(3)21(18,19)10-12-8-14(11-20-12)6-4-5-7-14/h12H,4-11H2,1-3H3. The minimum atomic E-state index is -3.46. The van der Waals surface area contributed by atoms with Crippen molar-refractivity contribution in [2.75, 3.05) is 40.0 Å². The minimum Gasteiger partial charge on any atom is -0.377 e. The summed E-state index contributed by atoms with van der Waals surface area (Å²) in [6, 6.07) is 0. The van der Waals surface area contributed by atoms with E-state index in [0.29, 0.717) is 6.61 Å². The van der Waals surface area contributed by atoms with Crippen LogP contribution in [-0.4, -0.2) is 69.7 Å². The largest absolute Gasteiger partial charge is 0.377 e. The van der Waals surface area contributed by atoms with Gasteiger partial charge < -0.3 is 9.64 Å². The van der Waals surface area contributed by atoms with Crippen LogP contribution in [0.1, 0.15) is 32.1 Å². The summed E-state index contributed by atoms with van der Waals surface area (Å²) in [4.78, 5) is 13.0. The molecule has 21 heavy (non-hydrogen) atoms. The van der Waals surface area contributed by atoms with E-state index in [1.54, 1.807) is 14.1 Å². The van der Waals surface area contributed by atoms with Crippen molar-refractivity contribution in [3.8, 4) is 0 Å². The van der Waals surface area contributed by atoms with Crippen molar-refractivity contribution in [1.29, 1.82) is 0 Å². The van der Waals surface area contributed by atoms with Gasteiger partial charge in [-0.3, -0.25) is 4.79 Å². The van der Waals surface area contributed by atoms with Gasteiger partial charge in [-0.05, 0) is 24.7 Å². The fraction of sp³-hybridized carbons (Fsp3) is 0.929. The molecule has 2 aliphatic rings. The summed E-state index contributed by atoms with van der Waals surface area (Å²) in [6.45, 7) is 0.570. The summed E-state index contributed by atoms with van der Waals surface area (Å²) >= 11 is 0. The molecule has 1 aliphatic carbocycles. The van der Waals surface area contributed by atoms with Crippen LogP contribution in [-0.2, 0) is 19.6 Å². The first-order valence-electron chi connectivity index (χ1n) is 7.50. The summed E-state index contributed by atoms with van der Waals surface area (Å²) in [5.74, 6) is -0.243. The number of rotatable bonds is 5. The van der Waals surface area contributed by atoms with Gasteiger partial charge in [-0.1, -0.05) is 12.8 Å². The molecule has 1 unspecified atom stereocenters. The topological polar surface area (TPSA) is 66.9 Å². The van der Waals surface area contributed by atoms with Crippen LogP contribution in [0.3, 0.4) is 0 Å². The van der Waals surface area contributed by atoms with Crippen LogP contribution in [0.15, 0.2) is 0 Å². The molecule has 1 spiro atoms. The number of sulfonamides is 1. The van der Waals surface area contributed by atoms with Gasteiger partial charge in [0.1, 0.15) is 0 Å². The highest BCUT2D eigenvalue weighted by molar-refractivity contribution is 7.89. The maximum Gasteiger partial charge on any atom is 0.237 e. The van der Waals surface area contributed by atoms with Crippen LogP contribution in [0.25, 0.3) is 0 Å². The number of likely N-dealkylation sites (N-methyl/N-ethyl adjacent to an activating group) is 2. The zero-order valence-electron chi connectivity index (χ0n) is 13.2. The predicted molar refractivity (Wildman–Crippen MR) is 80.4 cm³/mol. The monoisotopic (exact) mass is 318 g/mol. The van der Waals surface area contributed by atoms with E-state index in [1.165, 1.54) is 24.8 Å². The molecule has 1 atom stereocenters. The molecule has 1 saturated heterocycles. The highest BCUT2D eigenvalue weighted by atomic mass is 32.2. The minimum absolute atomic E-state index is 0.0219. The molecule has 122 valence electrons. The number of ether oxygens (including phenoxy) is 1. The van der Waals surface area contributed by atoms with E-state index in [-0.39, 0.29) is 29.7 Å². The molecule has 6 nitrogen and oxygen atoms in total. The van der Waals surface area contributed by atoms with Crippen molar-refractivity contribution < 1.29 is 17.9 Å². The second-order valence-electron chi connectivity index (χ2n) is 6.67. The van der Waals surface area contributed by atoms with Crippen molar-refractivity contribution in [2.24, 2.45) is 5.41 Å². The molecule has 0 aromatic rings. The molecule has 1 aliphatic heterocycles. The molecule has 1 amide bonds. The van der Waals surface area contributed by atoms with Gasteiger partial charge in [0.05, 0.1) is 25.0 Å². The van der Waals surface area contributed by atoms with Gasteiger partial charge in [-0.15, -0.1) is 0 Å². The number of carbonyl (C=O) groups excluding carboxylic acids is 1. The Hall–Kier alpha value is -0.660. The van der Waals surface area contributed by atoms with Gasteiger partial charge in [-0.25, -0.2) is 8.42 Å². The lowest BCUT2D eigenvalue weighted by Crippen LogP contribution is -2.40. The second kappa shape index (κ2) is 6.22. The van der Waals surface area contributed by atoms with Crippen LogP contribution in [0.4, 0.5) is 0 Å². The van der Waals surface area contributed by atoms with Crippen molar-refractivity contribution >= 4 is 15.9 Å². The normalized spacial score (nSPS) is 24.9. The Bertz CT molecular complexity index is 483. The molecular weight excluding hydrogens is 292 g/mol. The second-order valence-corrected chi connectivity index (χ2v) is 8.79. The molecule has 7 heteroatoms. The third-order valence-electron chi connectivity index (χ3n) is 4.68. The maximum atomic E-state index is 12.3. The smallest absolute Gasteiger partial charge is 0.237 e. The Morgan fingerprint density at radius 2 is 1.86 bits per heavy atom. The zero-order chi connectivity index (χ0) is 15.7. The Morgan fingerprint density at radius 1 is 1.24 bits per heavy atom. The zero-order valence-corrected chi connectivity index (χ0v) is 14.0. The van der Waals surface area contributed by atoms with Gasteiger partial charge in [0, 0.05) is 21.1 Å². The van der Waals surface area contributed by atoms with E-state index < -0.39 is 10.0 Å². The molecule has 0 N–H and O–H groups in total. The van der Waals surface area contributed by atoms with Crippen LogP contribution < -0.4 is 0 Å². The SMILES string of the molecule is CN(C)C(=O)CN(C)S(=O)(=O)CC1CC2(CCCC2)CO1. The van der Waals surface area contributed by atoms with Crippen LogP contribution >= 0.6 is 0 Å². The van der Waals surface area contributed by atoms with Crippen LogP contribution in [0.2, 0.25) is 0 Å². The Labute approximate surface area is 127 Å². The lowest BCUT2D eigenvalue weighted by molar-refractivity contribution is -0.128. The fourth-order valence-corrected chi connectivity index (χ4v) is 4.51. The number of nitrogens with zero attached hydrogens (tertiary/aromatic N) is 2. The third-order valence-corrected chi connectivity index (χ3v) is 6.55. The molecule has 0 aromatic carbocycles. The van der Waals surface area contributed by atoms with Crippen LogP contribution in [0, 0.1) is 5.41 Å². The van der Waals surface area contributed by atoms with E-state index >= 15 is 0 Å². The first-order valence-corrected chi connectivity index (χ1v) is 9.11. The molecule has 0 bridgehead atoms. The molecule has 0 radical (unpaired) electrons. The molecule has 1 heterocycles. The van der Waals surface area contributed by atoms with Crippen molar-refractivity contribution in [3.05, 3.63) is 0 Å². The molecule has 1 saturated carbocycles. The van der Waals surface area contributed by atoms with Gasteiger partial charge in [0.2, 0.25) is 15.9 Å². The van der Waals surface area contributed by atoms with Crippen LogP contribution in [0.5, 0.6) is 0 Å². The summed E-state index contributed by atoms with van der Waals surface area (Å²) < 4.78 is 31.5. The Kier molecular flexibility index (Phi) is 4.95. The van der Waals surface area contributed by atoms with Gasteiger partial charge in [-0.2, -0.15) is 4.31 Å². The van der Waals surface area contributed by atoms with Crippen molar-refractivity contribution in [2.45, 2.75) is 38.2 Å². The maximum absolute atomic E-state index is 12.3. The third kappa shape index (κ3) is 3.96. The average molecular weight is 318 g/mol. The van der Waals surface area contributed by atoms with Gasteiger partial charge in [0.15, 0.2) is 0 Å². The summed E-state index contributed by atoms with van der Waals surface area (Å²) in [5, 5.41) is 0. The first kappa shape index (κ1) is 16.7. The molecular formula is C14H26N2O4S. The Morgan fingerprint density at radius 3 is 2.43 bits per heavy atom. The number of hydrogen-bond donors (Lipinski definition) is 0. The van der Waals surface area contributed by atoms with E-state index in [0.717, 1.165) is 23.6 Å². The number of carbonyl (C=O) groups is 1. The predicted octanol–water partition coefficient (Wildman–Crippen LogP) is 0.686. The number of hydrogen-bond acceptors (Lipinski definition) is 4. The molecule has 2 fully saturated rings.